The van der Waals surface area contributed by atoms with Crippen LogP contribution in [0, 0.1) is 0 Å². The van der Waals surface area contributed by atoms with Gasteiger partial charge < -0.3 is 9.15 Å². The number of benzene rings is 2. The van der Waals surface area contributed by atoms with Crippen LogP contribution in [0.25, 0.3) is 17.0 Å². The van der Waals surface area contributed by atoms with Crippen molar-refractivity contribution in [2.24, 2.45) is 0 Å². The minimum atomic E-state index is -0.642. The number of carbonyl (C=O) groups excluding carboxylic acids is 1. The van der Waals surface area contributed by atoms with Crippen molar-refractivity contribution in [3.05, 3.63) is 93.9 Å². The van der Waals surface area contributed by atoms with Crippen LogP contribution in [0.1, 0.15) is 29.8 Å². The second kappa shape index (κ2) is 8.32. The zero-order valence-corrected chi connectivity index (χ0v) is 15.3. The number of fused-ring (bicyclic) bond motifs is 1. The van der Waals surface area contributed by atoms with Crippen LogP contribution < -0.4 is 10.4 Å². The van der Waals surface area contributed by atoms with Crippen LogP contribution in [0.5, 0.6) is 5.75 Å². The van der Waals surface area contributed by atoms with E-state index in [1.807, 2.05) is 50.3 Å². The van der Waals surface area contributed by atoms with Gasteiger partial charge in [-0.05, 0) is 50.3 Å². The molecule has 0 unspecified atom stereocenters. The van der Waals surface area contributed by atoms with Gasteiger partial charge in [0, 0.05) is 10.9 Å². The van der Waals surface area contributed by atoms with Gasteiger partial charge in [0.15, 0.2) is 5.78 Å². The third-order valence-electron chi connectivity index (χ3n) is 3.97. The summed E-state index contributed by atoms with van der Waals surface area (Å²) in [5.74, 6) is 0.262. The highest BCUT2D eigenvalue weighted by molar-refractivity contribution is 6.07. The third-order valence-corrected chi connectivity index (χ3v) is 3.97. The third kappa shape index (κ3) is 4.61. The van der Waals surface area contributed by atoms with Crippen LogP contribution >= 0.6 is 0 Å². The highest BCUT2D eigenvalue weighted by atomic mass is 16.5. The number of carbonyl (C=O) groups is 1. The predicted octanol–water partition coefficient (Wildman–Crippen LogP) is 5.03. The van der Waals surface area contributed by atoms with Crippen molar-refractivity contribution >= 4 is 22.8 Å². The van der Waals surface area contributed by atoms with Crippen molar-refractivity contribution in [3.8, 4) is 5.75 Å². The number of hydrogen-bond acceptors (Lipinski definition) is 4. The summed E-state index contributed by atoms with van der Waals surface area (Å²) in [5.41, 5.74) is 1.75. The molecule has 0 N–H and O–H groups in total. The molecule has 0 aliphatic carbocycles. The highest BCUT2D eigenvalue weighted by Crippen LogP contribution is 2.20. The number of hydrogen-bond donors (Lipinski definition) is 0. The largest absolute Gasteiger partial charge is 0.489 e. The Labute approximate surface area is 157 Å². The second-order valence-electron chi connectivity index (χ2n) is 6.31. The Morgan fingerprint density at radius 1 is 1.07 bits per heavy atom. The maximum absolute atomic E-state index is 12.5. The van der Waals surface area contributed by atoms with E-state index in [1.165, 1.54) is 11.6 Å². The zero-order valence-electron chi connectivity index (χ0n) is 15.3. The van der Waals surface area contributed by atoms with E-state index in [-0.39, 0.29) is 5.56 Å². The Morgan fingerprint density at radius 3 is 2.63 bits per heavy atom. The smallest absolute Gasteiger partial charge is 0.347 e. The van der Waals surface area contributed by atoms with Crippen molar-refractivity contribution in [3.63, 3.8) is 0 Å². The molecule has 2 aromatic carbocycles. The summed E-state index contributed by atoms with van der Waals surface area (Å²) < 4.78 is 11.0. The Hall–Kier alpha value is -3.40. The fourth-order valence-electron chi connectivity index (χ4n) is 2.54. The lowest BCUT2D eigenvalue weighted by Gasteiger charge is -2.07. The van der Waals surface area contributed by atoms with Gasteiger partial charge in [-0.2, -0.15) is 0 Å². The van der Waals surface area contributed by atoms with Crippen LogP contribution in [-0.2, 0) is 0 Å². The number of allylic oxidation sites excluding steroid dienone is 2. The molecule has 0 atom stereocenters. The highest BCUT2D eigenvalue weighted by Gasteiger charge is 2.11. The first kappa shape index (κ1) is 18.4. The molecule has 0 radical (unpaired) electrons. The molecule has 1 aromatic heterocycles. The molecule has 0 aliphatic heterocycles. The average Bonchev–Trinajstić information content (AvgIpc) is 2.66. The summed E-state index contributed by atoms with van der Waals surface area (Å²) >= 11 is 0. The first-order valence-electron chi connectivity index (χ1n) is 8.65. The molecule has 4 heteroatoms. The SMILES string of the molecule is CC(C)=CCOc1ccccc1/C=C/C(=O)c1cc2ccccc2oc1=O. The van der Waals surface area contributed by atoms with Crippen LogP contribution in [0.15, 0.2) is 81.5 Å². The Balaban J connectivity index is 1.84. The van der Waals surface area contributed by atoms with Gasteiger partial charge in [-0.25, -0.2) is 4.79 Å². The maximum atomic E-state index is 12.5. The van der Waals surface area contributed by atoms with E-state index in [0.29, 0.717) is 23.3 Å². The molecular weight excluding hydrogens is 340 g/mol. The summed E-state index contributed by atoms with van der Waals surface area (Å²) in [6.45, 7) is 4.46. The molecule has 0 amide bonds. The van der Waals surface area contributed by atoms with Crippen molar-refractivity contribution in [1.29, 1.82) is 0 Å². The average molecular weight is 360 g/mol. The molecule has 0 fully saturated rings. The summed E-state index contributed by atoms with van der Waals surface area (Å²) in [7, 11) is 0. The maximum Gasteiger partial charge on any atom is 0.347 e. The van der Waals surface area contributed by atoms with Gasteiger partial charge in [0.1, 0.15) is 23.5 Å². The minimum absolute atomic E-state index is 0.00731. The molecule has 4 nitrogen and oxygen atoms in total. The molecule has 136 valence electrons. The van der Waals surface area contributed by atoms with Crippen molar-refractivity contribution in [2.45, 2.75) is 13.8 Å². The normalized spacial score (nSPS) is 10.9. The quantitative estimate of drug-likeness (QED) is 0.268. The Morgan fingerprint density at radius 2 is 1.81 bits per heavy atom. The van der Waals surface area contributed by atoms with Crippen LogP contribution in [0.2, 0.25) is 0 Å². The summed E-state index contributed by atoms with van der Waals surface area (Å²) in [6.07, 6.45) is 4.99. The lowest BCUT2D eigenvalue weighted by atomic mass is 10.1. The number of para-hydroxylation sites is 2. The molecule has 3 aromatic rings. The van der Waals surface area contributed by atoms with E-state index < -0.39 is 11.4 Å². The molecule has 3 rings (SSSR count). The van der Waals surface area contributed by atoms with Crippen LogP contribution in [-0.4, -0.2) is 12.4 Å². The molecule has 0 spiro atoms. The van der Waals surface area contributed by atoms with Gasteiger partial charge in [0.05, 0.1) is 0 Å². The summed E-state index contributed by atoms with van der Waals surface area (Å²) in [6, 6.07) is 16.1. The summed E-state index contributed by atoms with van der Waals surface area (Å²) in [5, 5.41) is 0.708. The predicted molar refractivity (Wildman–Crippen MR) is 107 cm³/mol. The first-order chi connectivity index (χ1) is 13.0. The fraction of sp³-hybridized carbons (Fsp3) is 0.130. The van der Waals surface area contributed by atoms with E-state index in [0.717, 1.165) is 5.56 Å². The molecule has 0 saturated carbocycles. The summed E-state index contributed by atoms with van der Waals surface area (Å²) in [4.78, 5) is 24.6. The van der Waals surface area contributed by atoms with E-state index in [1.54, 1.807) is 30.3 Å². The van der Waals surface area contributed by atoms with E-state index in [2.05, 4.69) is 0 Å². The zero-order chi connectivity index (χ0) is 19.2. The minimum Gasteiger partial charge on any atom is -0.489 e. The fourth-order valence-corrected chi connectivity index (χ4v) is 2.54. The van der Waals surface area contributed by atoms with Crippen molar-refractivity contribution in [2.75, 3.05) is 6.61 Å². The molecule has 0 aliphatic rings. The molecule has 1 heterocycles. The van der Waals surface area contributed by atoms with Gasteiger partial charge in [-0.3, -0.25) is 4.79 Å². The first-order valence-corrected chi connectivity index (χ1v) is 8.65. The Bertz CT molecular complexity index is 1080. The molecule has 0 saturated heterocycles. The van der Waals surface area contributed by atoms with Gasteiger partial charge in [-0.1, -0.05) is 42.0 Å². The molecular formula is C23H20O4. The number of ether oxygens (including phenoxy) is 1. The number of rotatable bonds is 6. The standard InChI is InChI=1S/C23H20O4/c1-16(2)13-14-26-21-9-5-3-7-17(21)11-12-20(24)19-15-18-8-4-6-10-22(18)27-23(19)25/h3-13,15H,14H2,1-2H3/b12-11+. The van der Waals surface area contributed by atoms with Gasteiger partial charge in [-0.15, -0.1) is 0 Å². The lowest BCUT2D eigenvalue weighted by molar-refractivity contribution is 0.104. The lowest BCUT2D eigenvalue weighted by Crippen LogP contribution is -2.11. The molecule has 0 bridgehead atoms. The molecule has 27 heavy (non-hydrogen) atoms. The number of ketones is 1. The Kier molecular flexibility index (Phi) is 5.67. The van der Waals surface area contributed by atoms with Gasteiger partial charge in [0.2, 0.25) is 0 Å². The van der Waals surface area contributed by atoms with Crippen LogP contribution in [0.4, 0.5) is 0 Å². The van der Waals surface area contributed by atoms with E-state index >= 15 is 0 Å². The van der Waals surface area contributed by atoms with E-state index in [4.69, 9.17) is 9.15 Å². The van der Waals surface area contributed by atoms with Crippen molar-refractivity contribution < 1.29 is 13.9 Å². The van der Waals surface area contributed by atoms with E-state index in [9.17, 15) is 9.59 Å². The second-order valence-corrected chi connectivity index (χ2v) is 6.31. The van der Waals surface area contributed by atoms with Gasteiger partial charge >= 0.3 is 5.63 Å². The van der Waals surface area contributed by atoms with Crippen molar-refractivity contribution in [1.82, 2.24) is 0 Å². The van der Waals surface area contributed by atoms with Gasteiger partial charge in [0.25, 0.3) is 0 Å². The van der Waals surface area contributed by atoms with Crippen LogP contribution in [0.3, 0.4) is 0 Å². The topological polar surface area (TPSA) is 56.5 Å². The monoisotopic (exact) mass is 360 g/mol.